The van der Waals surface area contributed by atoms with Gasteiger partial charge in [-0.1, -0.05) is 41.2 Å². The van der Waals surface area contributed by atoms with Crippen LogP contribution in [0.2, 0.25) is 0 Å². The van der Waals surface area contributed by atoms with Gasteiger partial charge in [0.05, 0.1) is 22.3 Å². The van der Waals surface area contributed by atoms with E-state index in [4.69, 9.17) is 9.51 Å². The molecule has 0 spiro atoms. The second-order valence-electron chi connectivity index (χ2n) is 6.48. The van der Waals surface area contributed by atoms with Gasteiger partial charge in [0.2, 0.25) is 0 Å². The van der Waals surface area contributed by atoms with E-state index in [0.717, 1.165) is 28.3 Å². The molecule has 6 heteroatoms. The molecule has 0 unspecified atom stereocenters. The van der Waals surface area contributed by atoms with Crippen LogP contribution in [0.25, 0.3) is 16.6 Å². The standard InChI is InChI=1S/C21H19N3O2S/c1-13-7-6-8-16(11-13)24-20(25)17-9-4-5-10-19(17)22-21(24)27-12-18-14(2)23-26-15(18)3/h4-11H,12H2,1-3H3. The Kier molecular flexibility index (Phi) is 4.58. The average molecular weight is 377 g/mol. The van der Waals surface area contributed by atoms with E-state index in [1.54, 1.807) is 4.57 Å². The van der Waals surface area contributed by atoms with Crippen LogP contribution in [0.4, 0.5) is 0 Å². The Balaban J connectivity index is 1.87. The first-order chi connectivity index (χ1) is 13.0. The maximum absolute atomic E-state index is 13.2. The van der Waals surface area contributed by atoms with Gasteiger partial charge in [0.1, 0.15) is 5.76 Å². The third kappa shape index (κ3) is 3.28. The molecule has 0 fully saturated rings. The molecule has 0 aliphatic heterocycles. The van der Waals surface area contributed by atoms with E-state index in [-0.39, 0.29) is 5.56 Å². The van der Waals surface area contributed by atoms with Crippen molar-refractivity contribution in [3.8, 4) is 5.69 Å². The minimum Gasteiger partial charge on any atom is -0.361 e. The highest BCUT2D eigenvalue weighted by Crippen LogP contribution is 2.27. The topological polar surface area (TPSA) is 60.9 Å². The molecule has 0 atom stereocenters. The number of thioether (sulfide) groups is 1. The van der Waals surface area contributed by atoms with Crippen molar-refractivity contribution in [1.82, 2.24) is 14.7 Å². The summed E-state index contributed by atoms with van der Waals surface area (Å²) in [5.41, 5.74) is 4.46. The fourth-order valence-corrected chi connectivity index (χ4v) is 4.21. The molecule has 5 nitrogen and oxygen atoms in total. The summed E-state index contributed by atoms with van der Waals surface area (Å²) in [6.07, 6.45) is 0. The molecule has 0 bridgehead atoms. The first-order valence-electron chi connectivity index (χ1n) is 8.68. The molecule has 0 amide bonds. The van der Waals surface area contributed by atoms with Gasteiger partial charge in [-0.25, -0.2) is 4.98 Å². The number of para-hydroxylation sites is 1. The summed E-state index contributed by atoms with van der Waals surface area (Å²) in [6.45, 7) is 5.84. The third-order valence-corrected chi connectivity index (χ3v) is 5.50. The Morgan fingerprint density at radius 1 is 1.07 bits per heavy atom. The minimum atomic E-state index is -0.0625. The quantitative estimate of drug-likeness (QED) is 0.384. The van der Waals surface area contributed by atoms with Crippen LogP contribution in [-0.2, 0) is 5.75 Å². The lowest BCUT2D eigenvalue weighted by Crippen LogP contribution is -2.21. The normalized spacial score (nSPS) is 11.2. The van der Waals surface area contributed by atoms with Crippen LogP contribution in [0.1, 0.15) is 22.6 Å². The summed E-state index contributed by atoms with van der Waals surface area (Å²) in [7, 11) is 0. The number of aromatic nitrogens is 3. The molecule has 0 aliphatic carbocycles. The number of fused-ring (bicyclic) bond motifs is 1. The molecule has 2 aromatic carbocycles. The van der Waals surface area contributed by atoms with Crippen LogP contribution in [-0.4, -0.2) is 14.7 Å². The number of hydrogen-bond donors (Lipinski definition) is 0. The van der Waals surface area contributed by atoms with Gasteiger partial charge in [0, 0.05) is 11.3 Å². The Bertz CT molecular complexity index is 1170. The lowest BCUT2D eigenvalue weighted by atomic mass is 10.2. The molecule has 0 saturated carbocycles. The van der Waals surface area contributed by atoms with Crippen molar-refractivity contribution in [2.24, 2.45) is 0 Å². The van der Waals surface area contributed by atoms with Crippen LogP contribution >= 0.6 is 11.8 Å². The highest BCUT2D eigenvalue weighted by molar-refractivity contribution is 7.98. The molecule has 4 aromatic rings. The molecule has 27 heavy (non-hydrogen) atoms. The molecular weight excluding hydrogens is 358 g/mol. The van der Waals surface area contributed by atoms with E-state index >= 15 is 0 Å². The van der Waals surface area contributed by atoms with Crippen molar-refractivity contribution in [2.45, 2.75) is 31.7 Å². The van der Waals surface area contributed by atoms with Gasteiger partial charge in [-0.3, -0.25) is 9.36 Å². The molecule has 2 aromatic heterocycles. The fourth-order valence-electron chi connectivity index (χ4n) is 3.05. The van der Waals surface area contributed by atoms with Gasteiger partial charge in [0.25, 0.3) is 5.56 Å². The average Bonchev–Trinajstić information content (AvgIpc) is 2.98. The number of nitrogens with zero attached hydrogens (tertiary/aromatic N) is 3. The van der Waals surface area contributed by atoms with Gasteiger partial charge < -0.3 is 4.52 Å². The second-order valence-corrected chi connectivity index (χ2v) is 7.42. The summed E-state index contributed by atoms with van der Waals surface area (Å²) in [5, 5.41) is 5.28. The predicted molar refractivity (Wildman–Crippen MR) is 108 cm³/mol. The van der Waals surface area contributed by atoms with Crippen molar-refractivity contribution in [2.75, 3.05) is 0 Å². The Morgan fingerprint density at radius 2 is 1.89 bits per heavy atom. The van der Waals surface area contributed by atoms with E-state index < -0.39 is 0 Å². The molecular formula is C21H19N3O2S. The predicted octanol–water partition coefficient (Wildman–Crippen LogP) is 4.59. The first kappa shape index (κ1) is 17.5. The maximum atomic E-state index is 13.2. The van der Waals surface area contributed by atoms with E-state index in [0.29, 0.717) is 21.8 Å². The van der Waals surface area contributed by atoms with Crippen molar-refractivity contribution >= 4 is 22.7 Å². The number of aryl methyl sites for hydroxylation is 3. The number of benzene rings is 2. The minimum absolute atomic E-state index is 0.0625. The summed E-state index contributed by atoms with van der Waals surface area (Å²) in [5.74, 6) is 1.43. The van der Waals surface area contributed by atoms with Crippen molar-refractivity contribution in [3.05, 3.63) is 81.5 Å². The monoisotopic (exact) mass is 377 g/mol. The molecule has 0 saturated heterocycles. The third-order valence-electron chi connectivity index (χ3n) is 4.53. The van der Waals surface area contributed by atoms with Crippen molar-refractivity contribution in [1.29, 1.82) is 0 Å². The van der Waals surface area contributed by atoms with E-state index in [1.165, 1.54) is 11.8 Å². The lowest BCUT2D eigenvalue weighted by molar-refractivity contribution is 0.392. The van der Waals surface area contributed by atoms with Gasteiger partial charge in [-0.05, 0) is 50.6 Å². The summed E-state index contributed by atoms with van der Waals surface area (Å²) >= 11 is 1.51. The zero-order valence-corrected chi connectivity index (χ0v) is 16.2. The Hall–Kier alpha value is -2.86. The lowest BCUT2D eigenvalue weighted by Gasteiger charge is -2.13. The number of rotatable bonds is 4. The summed E-state index contributed by atoms with van der Waals surface area (Å²) in [4.78, 5) is 18.0. The zero-order valence-electron chi connectivity index (χ0n) is 15.4. The Morgan fingerprint density at radius 3 is 2.63 bits per heavy atom. The highest BCUT2D eigenvalue weighted by atomic mass is 32.2. The largest absolute Gasteiger partial charge is 0.361 e. The van der Waals surface area contributed by atoms with E-state index in [9.17, 15) is 4.79 Å². The molecule has 0 aliphatic rings. The van der Waals surface area contributed by atoms with Crippen LogP contribution < -0.4 is 5.56 Å². The smallest absolute Gasteiger partial charge is 0.266 e. The van der Waals surface area contributed by atoms with Gasteiger partial charge in [-0.2, -0.15) is 0 Å². The van der Waals surface area contributed by atoms with E-state index in [1.807, 2.05) is 69.3 Å². The first-order valence-corrected chi connectivity index (χ1v) is 9.66. The van der Waals surface area contributed by atoms with Gasteiger partial charge >= 0.3 is 0 Å². The molecule has 4 rings (SSSR count). The van der Waals surface area contributed by atoms with Crippen LogP contribution in [0.15, 0.2) is 63.0 Å². The van der Waals surface area contributed by atoms with Crippen molar-refractivity contribution < 1.29 is 4.52 Å². The highest BCUT2D eigenvalue weighted by Gasteiger charge is 2.16. The van der Waals surface area contributed by atoms with Gasteiger partial charge in [0.15, 0.2) is 5.16 Å². The van der Waals surface area contributed by atoms with Crippen LogP contribution in [0.5, 0.6) is 0 Å². The van der Waals surface area contributed by atoms with Crippen molar-refractivity contribution in [3.63, 3.8) is 0 Å². The molecule has 0 radical (unpaired) electrons. The van der Waals surface area contributed by atoms with Crippen LogP contribution in [0, 0.1) is 20.8 Å². The maximum Gasteiger partial charge on any atom is 0.266 e. The van der Waals surface area contributed by atoms with Gasteiger partial charge in [-0.15, -0.1) is 0 Å². The molecule has 136 valence electrons. The fraction of sp³-hybridized carbons (Fsp3) is 0.190. The Labute approximate surface area is 161 Å². The van der Waals surface area contributed by atoms with Crippen LogP contribution in [0.3, 0.4) is 0 Å². The SMILES string of the molecule is Cc1cccc(-n2c(SCc3c(C)noc3C)nc3ccccc3c2=O)c1. The molecule has 2 heterocycles. The zero-order chi connectivity index (χ0) is 19.0. The second kappa shape index (κ2) is 7.04. The summed E-state index contributed by atoms with van der Waals surface area (Å²) in [6, 6.07) is 15.4. The van der Waals surface area contributed by atoms with E-state index in [2.05, 4.69) is 5.16 Å². The summed E-state index contributed by atoms with van der Waals surface area (Å²) < 4.78 is 6.95. The number of hydrogen-bond acceptors (Lipinski definition) is 5. The molecule has 0 N–H and O–H groups in total.